The van der Waals surface area contributed by atoms with Crippen molar-refractivity contribution in [2.45, 2.75) is 30.8 Å². The molecular formula is C22H22FN3O5S. The van der Waals surface area contributed by atoms with Crippen molar-refractivity contribution in [1.82, 2.24) is 4.31 Å². The minimum Gasteiger partial charge on any atom is -0.452 e. The van der Waals surface area contributed by atoms with Gasteiger partial charge in [0.15, 0.2) is 6.10 Å². The molecule has 168 valence electrons. The van der Waals surface area contributed by atoms with Crippen LogP contribution in [0.4, 0.5) is 10.1 Å². The molecule has 1 fully saturated rings. The Morgan fingerprint density at radius 3 is 2.53 bits per heavy atom. The number of nitriles is 1. The Hall–Kier alpha value is -3.29. The van der Waals surface area contributed by atoms with Gasteiger partial charge in [0.2, 0.25) is 10.0 Å². The molecule has 0 aromatic heterocycles. The molecule has 10 heteroatoms. The summed E-state index contributed by atoms with van der Waals surface area (Å²) in [6.45, 7) is 1.51. The van der Waals surface area contributed by atoms with Crippen LogP contribution in [0.15, 0.2) is 53.4 Å². The number of nitrogens with one attached hydrogen (secondary N) is 1. The minimum absolute atomic E-state index is 0.0396. The van der Waals surface area contributed by atoms with E-state index in [4.69, 9.17) is 10.00 Å². The maximum Gasteiger partial charge on any atom is 0.309 e. The van der Waals surface area contributed by atoms with Crippen molar-refractivity contribution in [3.63, 3.8) is 0 Å². The molecule has 1 aliphatic heterocycles. The summed E-state index contributed by atoms with van der Waals surface area (Å²) in [5, 5.41) is 11.5. The average Bonchev–Trinajstić information content (AvgIpc) is 2.79. The molecule has 0 radical (unpaired) electrons. The number of sulfonamides is 1. The molecule has 8 nitrogen and oxygen atoms in total. The number of esters is 1. The van der Waals surface area contributed by atoms with E-state index in [-0.39, 0.29) is 25.9 Å². The molecule has 2 aromatic carbocycles. The standard InChI is InChI=1S/C22H22FN3O5S/c1-15(21(27)25-18-6-4-5-16(13-18)14-24)31-22(28)17-9-11-26(12-10-17)32(29,30)20-8-3-2-7-19(20)23/h2-8,13,15,17H,9-12H2,1H3,(H,25,27). The summed E-state index contributed by atoms with van der Waals surface area (Å²) >= 11 is 0. The first-order chi connectivity index (χ1) is 15.2. The summed E-state index contributed by atoms with van der Waals surface area (Å²) in [6.07, 6.45) is -0.677. The molecular weight excluding hydrogens is 437 g/mol. The van der Waals surface area contributed by atoms with Crippen molar-refractivity contribution in [2.24, 2.45) is 5.92 Å². The molecule has 32 heavy (non-hydrogen) atoms. The Morgan fingerprint density at radius 2 is 1.88 bits per heavy atom. The van der Waals surface area contributed by atoms with E-state index < -0.39 is 44.6 Å². The van der Waals surface area contributed by atoms with Crippen LogP contribution >= 0.6 is 0 Å². The van der Waals surface area contributed by atoms with Gasteiger partial charge in [-0.05, 0) is 50.1 Å². The molecule has 1 aliphatic rings. The van der Waals surface area contributed by atoms with Gasteiger partial charge in [-0.2, -0.15) is 9.57 Å². The van der Waals surface area contributed by atoms with Crippen LogP contribution in [-0.4, -0.2) is 43.8 Å². The Morgan fingerprint density at radius 1 is 1.19 bits per heavy atom. The molecule has 2 aromatic rings. The highest BCUT2D eigenvalue weighted by Crippen LogP contribution is 2.26. The second-order valence-electron chi connectivity index (χ2n) is 7.37. The first-order valence-electron chi connectivity index (χ1n) is 9.98. The van der Waals surface area contributed by atoms with Gasteiger partial charge in [0, 0.05) is 18.8 Å². The van der Waals surface area contributed by atoms with Crippen LogP contribution in [0.2, 0.25) is 0 Å². The second-order valence-corrected chi connectivity index (χ2v) is 9.28. The van der Waals surface area contributed by atoms with Gasteiger partial charge < -0.3 is 10.1 Å². The number of piperidine rings is 1. The number of carbonyl (C=O) groups is 2. The number of nitrogens with zero attached hydrogens (tertiary/aromatic N) is 2. The van der Waals surface area contributed by atoms with Crippen molar-refractivity contribution in [3.05, 3.63) is 59.9 Å². The summed E-state index contributed by atoms with van der Waals surface area (Å²) in [7, 11) is -4.00. The lowest BCUT2D eigenvalue weighted by Crippen LogP contribution is -2.42. The zero-order chi connectivity index (χ0) is 23.3. The maximum atomic E-state index is 13.9. The molecule has 0 saturated carbocycles. The molecule has 1 atom stereocenters. The van der Waals surface area contributed by atoms with Crippen LogP contribution in [0.3, 0.4) is 0 Å². The van der Waals surface area contributed by atoms with Gasteiger partial charge in [0.05, 0.1) is 17.6 Å². The van der Waals surface area contributed by atoms with Gasteiger partial charge >= 0.3 is 5.97 Å². The van der Waals surface area contributed by atoms with E-state index in [0.29, 0.717) is 11.3 Å². The van der Waals surface area contributed by atoms with Gasteiger partial charge in [0.25, 0.3) is 5.91 Å². The van der Waals surface area contributed by atoms with Crippen molar-refractivity contribution in [1.29, 1.82) is 5.26 Å². The van der Waals surface area contributed by atoms with E-state index in [2.05, 4.69) is 5.32 Å². The van der Waals surface area contributed by atoms with Gasteiger partial charge in [-0.15, -0.1) is 0 Å². The van der Waals surface area contributed by atoms with E-state index in [1.54, 1.807) is 18.2 Å². The lowest BCUT2D eigenvalue weighted by Gasteiger charge is -2.30. The Balaban J connectivity index is 1.54. The number of ether oxygens (including phenoxy) is 1. The monoisotopic (exact) mass is 459 g/mol. The van der Waals surface area contributed by atoms with Crippen LogP contribution in [0, 0.1) is 23.1 Å². The third kappa shape index (κ3) is 5.30. The van der Waals surface area contributed by atoms with Crippen LogP contribution in [0.5, 0.6) is 0 Å². The number of anilines is 1. The smallest absolute Gasteiger partial charge is 0.309 e. The fourth-order valence-electron chi connectivity index (χ4n) is 3.36. The molecule has 0 spiro atoms. The summed E-state index contributed by atoms with van der Waals surface area (Å²) in [6, 6.07) is 13.4. The number of benzene rings is 2. The second kappa shape index (κ2) is 9.89. The van der Waals surface area contributed by atoms with Gasteiger partial charge in [-0.1, -0.05) is 18.2 Å². The number of halogens is 1. The number of hydrogen-bond donors (Lipinski definition) is 1. The molecule has 1 N–H and O–H groups in total. The Labute approximate surface area is 185 Å². The predicted molar refractivity (Wildman–Crippen MR) is 113 cm³/mol. The Kier molecular flexibility index (Phi) is 7.22. The average molecular weight is 459 g/mol. The molecule has 3 rings (SSSR count). The minimum atomic E-state index is -4.00. The summed E-state index contributed by atoms with van der Waals surface area (Å²) in [4.78, 5) is 24.4. The molecule has 1 unspecified atom stereocenters. The van der Waals surface area contributed by atoms with Gasteiger partial charge in [-0.25, -0.2) is 12.8 Å². The van der Waals surface area contributed by atoms with Crippen molar-refractivity contribution < 1.29 is 27.1 Å². The lowest BCUT2D eigenvalue weighted by atomic mass is 9.98. The highest BCUT2D eigenvalue weighted by molar-refractivity contribution is 7.89. The third-order valence-electron chi connectivity index (χ3n) is 5.16. The topological polar surface area (TPSA) is 117 Å². The van der Waals surface area contributed by atoms with Crippen LogP contribution in [-0.2, 0) is 24.3 Å². The number of hydrogen-bond acceptors (Lipinski definition) is 6. The fraction of sp³-hybridized carbons (Fsp3) is 0.318. The largest absolute Gasteiger partial charge is 0.452 e. The highest BCUT2D eigenvalue weighted by atomic mass is 32.2. The number of amides is 1. The van der Waals surface area contributed by atoms with E-state index in [1.807, 2.05) is 6.07 Å². The van der Waals surface area contributed by atoms with E-state index in [0.717, 1.165) is 10.4 Å². The van der Waals surface area contributed by atoms with Crippen molar-refractivity contribution in [2.75, 3.05) is 18.4 Å². The maximum absolute atomic E-state index is 13.9. The SMILES string of the molecule is CC(OC(=O)C1CCN(S(=O)(=O)c2ccccc2F)CC1)C(=O)Nc1cccc(C#N)c1. The summed E-state index contributed by atoms with van der Waals surface area (Å²) in [5.41, 5.74) is 0.785. The van der Waals surface area contributed by atoms with Gasteiger partial charge in [0.1, 0.15) is 10.7 Å². The van der Waals surface area contributed by atoms with E-state index in [1.165, 1.54) is 31.2 Å². The molecule has 0 bridgehead atoms. The zero-order valence-corrected chi connectivity index (χ0v) is 18.1. The zero-order valence-electron chi connectivity index (χ0n) is 17.3. The Bertz CT molecular complexity index is 1150. The molecule has 1 saturated heterocycles. The predicted octanol–water partition coefficient (Wildman–Crippen LogP) is 2.67. The van der Waals surface area contributed by atoms with Crippen molar-refractivity contribution >= 4 is 27.6 Å². The first-order valence-corrected chi connectivity index (χ1v) is 11.4. The summed E-state index contributed by atoms with van der Waals surface area (Å²) < 4.78 is 45.7. The van der Waals surface area contributed by atoms with Crippen LogP contribution < -0.4 is 5.32 Å². The van der Waals surface area contributed by atoms with Crippen LogP contribution in [0.25, 0.3) is 0 Å². The highest BCUT2D eigenvalue weighted by Gasteiger charge is 2.35. The fourth-order valence-corrected chi connectivity index (χ4v) is 4.89. The van der Waals surface area contributed by atoms with E-state index >= 15 is 0 Å². The third-order valence-corrected chi connectivity index (χ3v) is 7.09. The quantitative estimate of drug-likeness (QED) is 0.664. The molecule has 1 heterocycles. The number of rotatable bonds is 6. The van der Waals surface area contributed by atoms with E-state index in [9.17, 15) is 22.4 Å². The first kappa shape index (κ1) is 23.4. The van der Waals surface area contributed by atoms with Crippen LogP contribution in [0.1, 0.15) is 25.3 Å². The van der Waals surface area contributed by atoms with Crippen molar-refractivity contribution in [3.8, 4) is 6.07 Å². The van der Waals surface area contributed by atoms with Gasteiger partial charge in [-0.3, -0.25) is 9.59 Å². The normalized spacial score (nSPS) is 16.0. The molecule has 0 aliphatic carbocycles. The number of carbonyl (C=O) groups excluding carboxylic acids is 2. The summed E-state index contributed by atoms with van der Waals surface area (Å²) in [5.74, 6) is -2.54. The lowest BCUT2D eigenvalue weighted by molar-refractivity contribution is -0.158. The molecule has 1 amide bonds.